The van der Waals surface area contributed by atoms with Crippen LogP contribution in [0.15, 0.2) is 0 Å². The van der Waals surface area contributed by atoms with Crippen molar-refractivity contribution in [1.82, 2.24) is 5.32 Å². The lowest BCUT2D eigenvalue weighted by Gasteiger charge is -2.20. The van der Waals surface area contributed by atoms with E-state index in [4.69, 9.17) is 0 Å². The van der Waals surface area contributed by atoms with Gasteiger partial charge < -0.3 is 5.32 Å². The van der Waals surface area contributed by atoms with E-state index in [-0.39, 0.29) is 0 Å². The molecule has 2 nitrogen and oxygen atoms in total. The lowest BCUT2D eigenvalue weighted by atomic mass is 9.88. The molecule has 2 rings (SSSR count). The van der Waals surface area contributed by atoms with Gasteiger partial charge in [0, 0.05) is 12.5 Å². The lowest BCUT2D eigenvalue weighted by molar-refractivity contribution is -0.126. The molecule has 2 fully saturated rings. The number of carbonyl (C=O) groups excluding carboxylic acids is 1. The maximum Gasteiger partial charge on any atom is 0.223 e. The first kappa shape index (κ1) is 13.9. The predicted octanol–water partition coefficient (Wildman–Crippen LogP) is 3.90. The first-order valence-electron chi connectivity index (χ1n) is 8.09. The Labute approximate surface area is 112 Å². The third-order valence-corrected chi connectivity index (χ3v) is 4.90. The monoisotopic (exact) mass is 251 g/mol. The standard InChI is InChI=1S/C16H29NO/c1-2-3-4-5-6-7-10-17-16(18)15-12-13-8-9-14(15)11-13/h13-15H,2-12H2,1H3,(H,17,18)/t13-,14-,15+/m0/s1. The van der Waals surface area contributed by atoms with Crippen molar-refractivity contribution in [3.63, 3.8) is 0 Å². The molecule has 0 aliphatic heterocycles. The van der Waals surface area contributed by atoms with Crippen molar-refractivity contribution in [3.8, 4) is 0 Å². The summed E-state index contributed by atoms with van der Waals surface area (Å²) in [5.41, 5.74) is 0. The molecule has 0 aromatic carbocycles. The van der Waals surface area contributed by atoms with Gasteiger partial charge >= 0.3 is 0 Å². The van der Waals surface area contributed by atoms with Gasteiger partial charge in [0.15, 0.2) is 0 Å². The largest absolute Gasteiger partial charge is 0.356 e. The summed E-state index contributed by atoms with van der Waals surface area (Å²) < 4.78 is 0. The zero-order valence-electron chi connectivity index (χ0n) is 11.9. The zero-order chi connectivity index (χ0) is 12.8. The van der Waals surface area contributed by atoms with Gasteiger partial charge in [-0.25, -0.2) is 0 Å². The SMILES string of the molecule is CCCCCCCCNC(=O)[C@@H]1C[C@H]2CC[C@H]1C2. The highest BCUT2D eigenvalue weighted by molar-refractivity contribution is 5.79. The van der Waals surface area contributed by atoms with Crippen LogP contribution in [-0.2, 0) is 4.79 Å². The van der Waals surface area contributed by atoms with Crippen molar-refractivity contribution in [2.45, 2.75) is 71.1 Å². The fourth-order valence-electron chi connectivity index (χ4n) is 3.81. The summed E-state index contributed by atoms with van der Waals surface area (Å²) >= 11 is 0. The molecule has 3 atom stereocenters. The van der Waals surface area contributed by atoms with Crippen molar-refractivity contribution >= 4 is 5.91 Å². The number of amides is 1. The molecule has 2 heteroatoms. The van der Waals surface area contributed by atoms with Crippen LogP contribution in [0.2, 0.25) is 0 Å². The fraction of sp³-hybridized carbons (Fsp3) is 0.938. The normalized spacial score (nSPS) is 29.7. The number of nitrogens with one attached hydrogen (secondary N) is 1. The van der Waals surface area contributed by atoms with Crippen LogP contribution in [0.3, 0.4) is 0 Å². The first-order chi connectivity index (χ1) is 8.81. The molecule has 2 bridgehead atoms. The quantitative estimate of drug-likeness (QED) is 0.651. The van der Waals surface area contributed by atoms with Crippen LogP contribution in [0.4, 0.5) is 0 Å². The van der Waals surface area contributed by atoms with Gasteiger partial charge in [0.25, 0.3) is 0 Å². The van der Waals surface area contributed by atoms with Crippen molar-refractivity contribution < 1.29 is 4.79 Å². The Kier molecular flexibility index (Phi) is 5.52. The number of unbranched alkanes of at least 4 members (excludes halogenated alkanes) is 5. The molecule has 0 heterocycles. The molecule has 2 aliphatic rings. The summed E-state index contributed by atoms with van der Waals surface area (Å²) in [6.45, 7) is 3.15. The van der Waals surface area contributed by atoms with Crippen LogP contribution >= 0.6 is 0 Å². The molecule has 0 aromatic heterocycles. The third-order valence-electron chi connectivity index (χ3n) is 4.90. The van der Waals surface area contributed by atoms with Gasteiger partial charge in [-0.05, 0) is 37.5 Å². The fourth-order valence-corrected chi connectivity index (χ4v) is 3.81. The molecule has 0 saturated heterocycles. The highest BCUT2D eigenvalue weighted by atomic mass is 16.1. The van der Waals surface area contributed by atoms with E-state index in [1.165, 1.54) is 57.8 Å². The van der Waals surface area contributed by atoms with Gasteiger partial charge in [-0.1, -0.05) is 45.4 Å². The van der Waals surface area contributed by atoms with E-state index in [1.807, 2.05) is 0 Å². The van der Waals surface area contributed by atoms with Crippen LogP contribution < -0.4 is 5.32 Å². The first-order valence-corrected chi connectivity index (χ1v) is 8.09. The summed E-state index contributed by atoms with van der Waals surface area (Å²) in [5.74, 6) is 2.32. The molecule has 1 amide bonds. The van der Waals surface area contributed by atoms with E-state index in [0.29, 0.717) is 11.8 Å². The van der Waals surface area contributed by atoms with E-state index >= 15 is 0 Å². The van der Waals surface area contributed by atoms with E-state index in [2.05, 4.69) is 12.2 Å². The molecule has 2 saturated carbocycles. The van der Waals surface area contributed by atoms with Gasteiger partial charge in [0.05, 0.1) is 0 Å². The Morgan fingerprint density at radius 2 is 1.83 bits per heavy atom. The van der Waals surface area contributed by atoms with E-state index in [9.17, 15) is 4.79 Å². The Bertz CT molecular complexity index is 264. The Morgan fingerprint density at radius 3 is 2.50 bits per heavy atom. The van der Waals surface area contributed by atoms with E-state index in [1.54, 1.807) is 0 Å². The second kappa shape index (κ2) is 7.16. The Morgan fingerprint density at radius 1 is 1.06 bits per heavy atom. The summed E-state index contributed by atoms with van der Waals surface area (Å²) in [5, 5.41) is 3.16. The smallest absolute Gasteiger partial charge is 0.223 e. The Hall–Kier alpha value is -0.530. The van der Waals surface area contributed by atoms with Crippen LogP contribution in [0.25, 0.3) is 0 Å². The summed E-state index contributed by atoms with van der Waals surface area (Å²) in [7, 11) is 0. The molecule has 0 aromatic rings. The highest BCUT2D eigenvalue weighted by Crippen LogP contribution is 2.48. The van der Waals surface area contributed by atoms with Gasteiger partial charge in [0.2, 0.25) is 5.91 Å². The zero-order valence-corrected chi connectivity index (χ0v) is 11.9. The minimum atomic E-state index is 0.357. The molecule has 18 heavy (non-hydrogen) atoms. The molecule has 0 unspecified atom stereocenters. The summed E-state index contributed by atoms with van der Waals surface area (Å²) in [4.78, 5) is 12.1. The van der Waals surface area contributed by atoms with Crippen molar-refractivity contribution in [1.29, 1.82) is 0 Å². The highest BCUT2D eigenvalue weighted by Gasteiger charge is 2.42. The molecular formula is C16H29NO. The van der Waals surface area contributed by atoms with Gasteiger partial charge in [-0.2, -0.15) is 0 Å². The summed E-state index contributed by atoms with van der Waals surface area (Å²) in [6.07, 6.45) is 13.0. The maximum absolute atomic E-state index is 12.1. The van der Waals surface area contributed by atoms with E-state index < -0.39 is 0 Å². The van der Waals surface area contributed by atoms with Crippen LogP contribution in [-0.4, -0.2) is 12.5 Å². The molecule has 0 radical (unpaired) electrons. The summed E-state index contributed by atoms with van der Waals surface area (Å²) in [6, 6.07) is 0. The maximum atomic E-state index is 12.1. The molecular weight excluding hydrogens is 222 g/mol. The number of carbonyl (C=O) groups is 1. The number of hydrogen-bond donors (Lipinski definition) is 1. The lowest BCUT2D eigenvalue weighted by Crippen LogP contribution is -2.34. The Balaban J connectivity index is 1.50. The second-order valence-electron chi connectivity index (χ2n) is 6.34. The molecule has 2 aliphatic carbocycles. The number of fused-ring (bicyclic) bond motifs is 2. The average molecular weight is 251 g/mol. The van der Waals surface area contributed by atoms with Crippen LogP contribution in [0, 0.1) is 17.8 Å². The van der Waals surface area contributed by atoms with Gasteiger partial charge in [-0.3, -0.25) is 4.79 Å². The van der Waals surface area contributed by atoms with Crippen LogP contribution in [0.5, 0.6) is 0 Å². The van der Waals surface area contributed by atoms with Crippen LogP contribution in [0.1, 0.15) is 71.1 Å². The molecule has 1 N–H and O–H groups in total. The van der Waals surface area contributed by atoms with E-state index in [0.717, 1.165) is 24.8 Å². The predicted molar refractivity (Wildman–Crippen MR) is 75.3 cm³/mol. The van der Waals surface area contributed by atoms with Crippen molar-refractivity contribution in [3.05, 3.63) is 0 Å². The van der Waals surface area contributed by atoms with Gasteiger partial charge in [-0.15, -0.1) is 0 Å². The minimum absolute atomic E-state index is 0.357. The molecule has 104 valence electrons. The van der Waals surface area contributed by atoms with Gasteiger partial charge in [0.1, 0.15) is 0 Å². The number of rotatable bonds is 8. The minimum Gasteiger partial charge on any atom is -0.356 e. The topological polar surface area (TPSA) is 29.1 Å². The second-order valence-corrected chi connectivity index (χ2v) is 6.34. The third kappa shape index (κ3) is 3.73. The molecule has 0 spiro atoms. The van der Waals surface area contributed by atoms with Crippen molar-refractivity contribution in [2.24, 2.45) is 17.8 Å². The number of hydrogen-bond acceptors (Lipinski definition) is 1. The average Bonchev–Trinajstić information content (AvgIpc) is 2.99. The van der Waals surface area contributed by atoms with Crippen molar-refractivity contribution in [2.75, 3.05) is 6.54 Å².